The Labute approximate surface area is 177 Å². The molecule has 0 spiro atoms. The molecule has 0 unspecified atom stereocenters. The van der Waals surface area contributed by atoms with Gasteiger partial charge in [0.1, 0.15) is 0 Å². The molecule has 3 aromatic rings. The Morgan fingerprint density at radius 2 is 1.87 bits per heavy atom. The van der Waals surface area contributed by atoms with E-state index in [0.29, 0.717) is 10.7 Å². The lowest BCUT2D eigenvalue weighted by Crippen LogP contribution is -2.20. The van der Waals surface area contributed by atoms with E-state index in [4.69, 9.17) is 16.3 Å². The molecule has 0 aliphatic carbocycles. The van der Waals surface area contributed by atoms with Gasteiger partial charge in [-0.3, -0.25) is 14.6 Å². The predicted molar refractivity (Wildman–Crippen MR) is 111 cm³/mol. The van der Waals surface area contributed by atoms with E-state index in [1.165, 1.54) is 36.4 Å². The molecule has 0 aliphatic heterocycles. The van der Waals surface area contributed by atoms with Crippen molar-refractivity contribution in [2.45, 2.75) is 11.9 Å². The molecule has 2 aromatic carbocycles. The van der Waals surface area contributed by atoms with Crippen LogP contribution in [0.4, 0.5) is 11.4 Å². The first-order valence-electron chi connectivity index (χ1n) is 8.70. The molecule has 0 atom stereocenters. The first kappa shape index (κ1) is 21.3. The van der Waals surface area contributed by atoms with Crippen LogP contribution in [-0.2, 0) is 14.8 Å². The highest BCUT2D eigenvalue weighted by Crippen LogP contribution is 2.21. The first-order valence-corrected chi connectivity index (χ1v) is 10.6. The lowest BCUT2D eigenvalue weighted by Gasteiger charge is -2.09. The second-order valence-electron chi connectivity index (χ2n) is 5.98. The summed E-state index contributed by atoms with van der Waals surface area (Å²) >= 11 is 5.80. The average Bonchev–Trinajstić information content (AvgIpc) is 3.21. The molecular weight excluding hydrogens is 432 g/mol. The molecule has 156 valence electrons. The lowest BCUT2D eigenvalue weighted by atomic mass is 10.2. The highest BCUT2D eigenvalue weighted by molar-refractivity contribution is 7.92. The van der Waals surface area contributed by atoms with E-state index in [-0.39, 0.29) is 23.4 Å². The summed E-state index contributed by atoms with van der Waals surface area (Å²) in [7, 11) is -4.13. The van der Waals surface area contributed by atoms with Gasteiger partial charge in [0.05, 0.1) is 23.9 Å². The second-order valence-corrected chi connectivity index (χ2v) is 8.04. The normalized spacial score (nSPS) is 11.0. The standard InChI is InChI=1S/C19H17ClN4O5S/c1-2-29-19(26)12-4-3-5-15(10-12)22-17(25)16-11-21-23-18(16)30(27,28)24-14-8-6-13(20)7-9-14/h3-11,24H,2H2,1H3,(H,21,23)(H,22,25). The number of amides is 1. The Balaban J connectivity index is 1.80. The molecule has 30 heavy (non-hydrogen) atoms. The van der Waals surface area contributed by atoms with Gasteiger partial charge in [-0.2, -0.15) is 13.5 Å². The Morgan fingerprint density at radius 3 is 2.57 bits per heavy atom. The molecule has 1 heterocycles. The van der Waals surface area contributed by atoms with Crippen LogP contribution in [0.2, 0.25) is 5.02 Å². The number of aromatic amines is 1. The minimum Gasteiger partial charge on any atom is -0.462 e. The largest absolute Gasteiger partial charge is 0.462 e. The van der Waals surface area contributed by atoms with Crippen molar-refractivity contribution in [1.82, 2.24) is 10.2 Å². The third-order valence-electron chi connectivity index (χ3n) is 3.85. The molecule has 3 rings (SSSR count). The molecule has 1 aromatic heterocycles. The highest BCUT2D eigenvalue weighted by Gasteiger charge is 2.25. The minimum absolute atomic E-state index is 0.196. The summed E-state index contributed by atoms with van der Waals surface area (Å²) in [5.74, 6) is -1.26. The highest BCUT2D eigenvalue weighted by atomic mass is 35.5. The van der Waals surface area contributed by atoms with Gasteiger partial charge in [-0.25, -0.2) is 4.79 Å². The number of rotatable bonds is 7. The third-order valence-corrected chi connectivity index (χ3v) is 5.45. The number of esters is 1. The predicted octanol–water partition coefficient (Wildman–Crippen LogP) is 3.29. The summed E-state index contributed by atoms with van der Waals surface area (Å²) in [5.41, 5.74) is 0.611. The number of anilines is 2. The van der Waals surface area contributed by atoms with E-state index >= 15 is 0 Å². The second kappa shape index (κ2) is 8.97. The quantitative estimate of drug-likeness (QED) is 0.475. The van der Waals surface area contributed by atoms with Crippen LogP contribution in [-0.4, -0.2) is 37.1 Å². The van der Waals surface area contributed by atoms with Crippen LogP contribution in [0.15, 0.2) is 59.8 Å². The Morgan fingerprint density at radius 1 is 1.13 bits per heavy atom. The molecule has 0 bridgehead atoms. The van der Waals surface area contributed by atoms with Gasteiger partial charge in [-0.05, 0) is 49.4 Å². The Kier molecular flexibility index (Phi) is 6.38. The van der Waals surface area contributed by atoms with Crippen LogP contribution in [0.3, 0.4) is 0 Å². The number of sulfonamides is 1. The fourth-order valence-electron chi connectivity index (χ4n) is 2.50. The minimum atomic E-state index is -4.13. The number of nitrogens with one attached hydrogen (secondary N) is 3. The maximum Gasteiger partial charge on any atom is 0.338 e. The molecule has 0 saturated heterocycles. The van der Waals surface area contributed by atoms with Crippen molar-refractivity contribution in [3.63, 3.8) is 0 Å². The van der Waals surface area contributed by atoms with E-state index in [9.17, 15) is 18.0 Å². The number of hydrogen-bond acceptors (Lipinski definition) is 6. The van der Waals surface area contributed by atoms with Gasteiger partial charge in [-0.15, -0.1) is 0 Å². The van der Waals surface area contributed by atoms with Gasteiger partial charge in [0.15, 0.2) is 5.03 Å². The molecule has 11 heteroatoms. The van der Waals surface area contributed by atoms with Crippen molar-refractivity contribution >= 4 is 44.9 Å². The number of carbonyl (C=O) groups is 2. The van der Waals surface area contributed by atoms with Crippen LogP contribution in [0.25, 0.3) is 0 Å². The third kappa shape index (κ3) is 4.97. The fraction of sp³-hybridized carbons (Fsp3) is 0.105. The number of aromatic nitrogens is 2. The summed E-state index contributed by atoms with van der Waals surface area (Å²) < 4.78 is 32.6. The molecule has 3 N–H and O–H groups in total. The zero-order valence-electron chi connectivity index (χ0n) is 15.7. The van der Waals surface area contributed by atoms with Crippen molar-refractivity contribution in [3.05, 3.63) is 70.9 Å². The Hall–Kier alpha value is -3.37. The molecule has 0 aliphatic rings. The van der Waals surface area contributed by atoms with Crippen molar-refractivity contribution in [1.29, 1.82) is 0 Å². The summed E-state index contributed by atoms with van der Waals surface area (Å²) in [6, 6.07) is 12.1. The Bertz CT molecular complexity index is 1180. The molecule has 0 fully saturated rings. The summed E-state index contributed by atoms with van der Waals surface area (Å²) in [6.07, 6.45) is 1.10. The fourth-order valence-corrected chi connectivity index (χ4v) is 3.78. The van der Waals surface area contributed by atoms with Crippen LogP contribution >= 0.6 is 11.6 Å². The van der Waals surface area contributed by atoms with Gasteiger partial charge in [0, 0.05) is 16.4 Å². The summed E-state index contributed by atoms with van der Waals surface area (Å²) in [4.78, 5) is 24.5. The van der Waals surface area contributed by atoms with Gasteiger partial charge in [0.25, 0.3) is 15.9 Å². The summed E-state index contributed by atoms with van der Waals surface area (Å²) in [6.45, 7) is 1.90. The number of halogens is 1. The lowest BCUT2D eigenvalue weighted by molar-refractivity contribution is 0.0526. The maximum atomic E-state index is 12.7. The van der Waals surface area contributed by atoms with Crippen molar-refractivity contribution in [3.8, 4) is 0 Å². The van der Waals surface area contributed by atoms with E-state index in [1.54, 1.807) is 19.1 Å². The number of hydrogen-bond donors (Lipinski definition) is 3. The SMILES string of the molecule is CCOC(=O)c1cccc(NC(=O)c2cn[nH]c2S(=O)(=O)Nc2ccc(Cl)cc2)c1. The first-order chi connectivity index (χ1) is 14.3. The van der Waals surface area contributed by atoms with Crippen molar-refractivity contribution in [2.75, 3.05) is 16.6 Å². The smallest absolute Gasteiger partial charge is 0.338 e. The number of benzene rings is 2. The van der Waals surface area contributed by atoms with E-state index < -0.39 is 26.9 Å². The topological polar surface area (TPSA) is 130 Å². The van der Waals surface area contributed by atoms with Crippen molar-refractivity contribution < 1.29 is 22.7 Å². The van der Waals surface area contributed by atoms with Crippen LogP contribution in [0.5, 0.6) is 0 Å². The number of nitrogens with zero attached hydrogens (tertiary/aromatic N) is 1. The summed E-state index contributed by atoms with van der Waals surface area (Å²) in [5, 5.41) is 8.60. The van der Waals surface area contributed by atoms with E-state index in [2.05, 4.69) is 20.2 Å². The molecule has 1 amide bonds. The van der Waals surface area contributed by atoms with Gasteiger partial charge in [-0.1, -0.05) is 17.7 Å². The monoisotopic (exact) mass is 448 g/mol. The van der Waals surface area contributed by atoms with Crippen LogP contribution in [0.1, 0.15) is 27.6 Å². The molecule has 9 nitrogen and oxygen atoms in total. The molecule has 0 saturated carbocycles. The van der Waals surface area contributed by atoms with Gasteiger partial charge < -0.3 is 10.1 Å². The van der Waals surface area contributed by atoms with E-state index in [0.717, 1.165) is 6.20 Å². The zero-order valence-corrected chi connectivity index (χ0v) is 17.3. The number of ether oxygens (including phenoxy) is 1. The number of carbonyl (C=O) groups excluding carboxylic acids is 2. The van der Waals surface area contributed by atoms with Gasteiger partial charge in [0.2, 0.25) is 0 Å². The van der Waals surface area contributed by atoms with E-state index in [1.807, 2.05) is 0 Å². The number of H-pyrrole nitrogens is 1. The maximum absolute atomic E-state index is 12.7. The van der Waals surface area contributed by atoms with Crippen LogP contribution < -0.4 is 10.0 Å². The zero-order chi connectivity index (χ0) is 21.7. The van der Waals surface area contributed by atoms with Crippen LogP contribution in [0, 0.1) is 0 Å². The molecular formula is C19H17ClN4O5S. The van der Waals surface area contributed by atoms with Gasteiger partial charge >= 0.3 is 5.97 Å². The molecule has 0 radical (unpaired) electrons. The van der Waals surface area contributed by atoms with Crippen molar-refractivity contribution in [2.24, 2.45) is 0 Å². The average molecular weight is 449 g/mol.